The van der Waals surface area contributed by atoms with Gasteiger partial charge in [-0.25, -0.2) is 0 Å². The van der Waals surface area contributed by atoms with Gasteiger partial charge >= 0.3 is 0 Å². The van der Waals surface area contributed by atoms with Gasteiger partial charge in [0.15, 0.2) is 11.5 Å². The number of methoxy groups -OCH3 is 2. The van der Waals surface area contributed by atoms with Crippen molar-refractivity contribution in [3.05, 3.63) is 59.2 Å². The smallest absolute Gasteiger partial charge is 0.167 e. The van der Waals surface area contributed by atoms with Crippen LogP contribution in [0.5, 0.6) is 11.5 Å². The van der Waals surface area contributed by atoms with Gasteiger partial charge in [-0.15, -0.1) is 0 Å². The van der Waals surface area contributed by atoms with Crippen molar-refractivity contribution in [3.8, 4) is 11.5 Å². The number of hydrogen-bond acceptors (Lipinski definition) is 3. The van der Waals surface area contributed by atoms with Crippen LogP contribution in [0.15, 0.2) is 42.5 Å². The maximum atomic E-state index is 5.92. The molecule has 0 aliphatic carbocycles. The molecule has 0 spiro atoms. The molecule has 1 aliphatic rings. The van der Waals surface area contributed by atoms with Gasteiger partial charge < -0.3 is 14.2 Å². The molecule has 0 fully saturated rings. The highest BCUT2D eigenvalue weighted by molar-refractivity contribution is 5.55. The van der Waals surface area contributed by atoms with Crippen LogP contribution >= 0.6 is 0 Å². The van der Waals surface area contributed by atoms with Crippen LogP contribution in [0, 0.1) is 0 Å². The summed E-state index contributed by atoms with van der Waals surface area (Å²) in [4.78, 5) is 0. The van der Waals surface area contributed by atoms with Crippen LogP contribution in [-0.2, 0) is 11.3 Å². The Morgan fingerprint density at radius 3 is 2.47 bits per heavy atom. The van der Waals surface area contributed by atoms with E-state index in [1.54, 1.807) is 14.2 Å². The lowest BCUT2D eigenvalue weighted by Crippen LogP contribution is -2.02. The molecule has 3 rings (SSSR count). The third-order valence-electron chi connectivity index (χ3n) is 3.44. The first-order valence-corrected chi connectivity index (χ1v) is 6.25. The molecular formula is C16H16O3. The van der Waals surface area contributed by atoms with E-state index in [-0.39, 0.29) is 6.10 Å². The Balaban J connectivity index is 2.13. The Morgan fingerprint density at radius 2 is 1.79 bits per heavy atom. The number of ether oxygens (including phenoxy) is 3. The fourth-order valence-electron chi connectivity index (χ4n) is 2.55. The molecule has 98 valence electrons. The molecule has 1 atom stereocenters. The summed E-state index contributed by atoms with van der Waals surface area (Å²) < 4.78 is 16.8. The van der Waals surface area contributed by atoms with Crippen molar-refractivity contribution in [3.63, 3.8) is 0 Å². The van der Waals surface area contributed by atoms with Crippen molar-refractivity contribution >= 4 is 0 Å². The highest BCUT2D eigenvalue weighted by Crippen LogP contribution is 2.45. The average molecular weight is 256 g/mol. The summed E-state index contributed by atoms with van der Waals surface area (Å²) >= 11 is 0. The van der Waals surface area contributed by atoms with Crippen LogP contribution in [-0.4, -0.2) is 14.2 Å². The van der Waals surface area contributed by atoms with E-state index in [1.807, 2.05) is 30.3 Å². The first-order valence-electron chi connectivity index (χ1n) is 6.25. The second-order valence-electron chi connectivity index (χ2n) is 4.48. The van der Waals surface area contributed by atoms with Gasteiger partial charge in [0, 0.05) is 5.56 Å². The minimum atomic E-state index is -0.0822. The molecule has 1 heterocycles. The van der Waals surface area contributed by atoms with E-state index < -0.39 is 0 Å². The molecule has 0 saturated carbocycles. The van der Waals surface area contributed by atoms with Gasteiger partial charge in [0.25, 0.3) is 0 Å². The van der Waals surface area contributed by atoms with Gasteiger partial charge in [-0.05, 0) is 17.2 Å². The van der Waals surface area contributed by atoms with Crippen LogP contribution in [0.3, 0.4) is 0 Å². The third-order valence-corrected chi connectivity index (χ3v) is 3.44. The molecule has 0 amide bonds. The van der Waals surface area contributed by atoms with E-state index in [0.717, 1.165) is 28.2 Å². The Hall–Kier alpha value is -2.00. The minimum Gasteiger partial charge on any atom is -0.493 e. The van der Waals surface area contributed by atoms with Crippen molar-refractivity contribution < 1.29 is 14.2 Å². The second-order valence-corrected chi connectivity index (χ2v) is 4.48. The second kappa shape index (κ2) is 4.94. The summed E-state index contributed by atoms with van der Waals surface area (Å²) in [6.45, 7) is 0.606. The van der Waals surface area contributed by atoms with E-state index in [9.17, 15) is 0 Å². The molecule has 0 aromatic heterocycles. The third kappa shape index (κ3) is 1.96. The average Bonchev–Trinajstić information content (AvgIpc) is 2.91. The Kier molecular flexibility index (Phi) is 3.13. The van der Waals surface area contributed by atoms with Gasteiger partial charge in [-0.3, -0.25) is 0 Å². The summed E-state index contributed by atoms with van der Waals surface area (Å²) in [5, 5.41) is 0. The summed E-state index contributed by atoms with van der Waals surface area (Å²) in [5.41, 5.74) is 3.37. The predicted molar refractivity (Wildman–Crippen MR) is 72.6 cm³/mol. The summed E-state index contributed by atoms with van der Waals surface area (Å²) in [5.74, 6) is 1.51. The number of benzene rings is 2. The molecule has 19 heavy (non-hydrogen) atoms. The molecule has 0 radical (unpaired) electrons. The van der Waals surface area contributed by atoms with E-state index in [2.05, 4.69) is 12.1 Å². The molecule has 0 saturated heterocycles. The molecule has 2 aromatic rings. The number of hydrogen-bond donors (Lipinski definition) is 0. The summed E-state index contributed by atoms with van der Waals surface area (Å²) in [6.07, 6.45) is -0.0822. The van der Waals surface area contributed by atoms with E-state index in [0.29, 0.717) is 6.61 Å². The van der Waals surface area contributed by atoms with Crippen LogP contribution in [0.2, 0.25) is 0 Å². The van der Waals surface area contributed by atoms with Gasteiger partial charge in [0.1, 0.15) is 6.10 Å². The zero-order valence-electron chi connectivity index (χ0n) is 11.1. The zero-order chi connectivity index (χ0) is 13.2. The lowest BCUT2D eigenvalue weighted by atomic mass is 9.98. The van der Waals surface area contributed by atoms with E-state index in [1.165, 1.54) is 0 Å². The Morgan fingerprint density at radius 1 is 1.00 bits per heavy atom. The molecule has 1 aliphatic heterocycles. The van der Waals surface area contributed by atoms with Crippen molar-refractivity contribution in [2.75, 3.05) is 14.2 Å². The molecule has 3 heteroatoms. The normalized spacial score (nSPS) is 17.1. The zero-order valence-corrected chi connectivity index (χ0v) is 11.1. The highest BCUT2D eigenvalue weighted by Gasteiger charge is 2.30. The molecular weight excluding hydrogens is 240 g/mol. The molecule has 1 unspecified atom stereocenters. The monoisotopic (exact) mass is 256 g/mol. The maximum Gasteiger partial charge on any atom is 0.167 e. The number of rotatable bonds is 3. The summed E-state index contributed by atoms with van der Waals surface area (Å²) in [7, 11) is 3.32. The molecule has 3 nitrogen and oxygen atoms in total. The molecule has 0 N–H and O–H groups in total. The first-order chi connectivity index (χ1) is 9.35. The van der Waals surface area contributed by atoms with Gasteiger partial charge in [0.05, 0.1) is 20.8 Å². The fraction of sp³-hybridized carbons (Fsp3) is 0.250. The van der Waals surface area contributed by atoms with Gasteiger partial charge in [0.2, 0.25) is 0 Å². The lowest BCUT2D eigenvalue weighted by Gasteiger charge is -2.16. The predicted octanol–water partition coefficient (Wildman–Crippen LogP) is 3.32. The first kappa shape index (κ1) is 12.1. The van der Waals surface area contributed by atoms with Crippen LogP contribution < -0.4 is 9.47 Å². The van der Waals surface area contributed by atoms with Crippen LogP contribution in [0.4, 0.5) is 0 Å². The largest absolute Gasteiger partial charge is 0.493 e. The van der Waals surface area contributed by atoms with Gasteiger partial charge in [-0.2, -0.15) is 0 Å². The van der Waals surface area contributed by atoms with E-state index in [4.69, 9.17) is 14.2 Å². The van der Waals surface area contributed by atoms with Crippen molar-refractivity contribution in [2.45, 2.75) is 12.7 Å². The quantitative estimate of drug-likeness (QED) is 0.843. The lowest BCUT2D eigenvalue weighted by molar-refractivity contribution is 0.0927. The van der Waals surface area contributed by atoms with Crippen LogP contribution in [0.25, 0.3) is 0 Å². The number of fused-ring (bicyclic) bond motifs is 1. The maximum absolute atomic E-state index is 5.92. The van der Waals surface area contributed by atoms with Gasteiger partial charge in [-0.1, -0.05) is 36.4 Å². The Labute approximate surface area is 112 Å². The highest BCUT2D eigenvalue weighted by atomic mass is 16.5. The fourth-order valence-corrected chi connectivity index (χ4v) is 2.55. The summed E-state index contributed by atoms with van der Waals surface area (Å²) in [6, 6.07) is 14.1. The molecule has 2 aromatic carbocycles. The minimum absolute atomic E-state index is 0.0822. The van der Waals surface area contributed by atoms with Crippen molar-refractivity contribution in [1.82, 2.24) is 0 Å². The van der Waals surface area contributed by atoms with Crippen molar-refractivity contribution in [1.29, 1.82) is 0 Å². The topological polar surface area (TPSA) is 27.7 Å². The Bertz CT molecular complexity index is 578. The standard InChI is InChI=1S/C16H16O3/c1-17-13-9-8-12-10-19-15(14(12)16(13)18-2)11-6-4-3-5-7-11/h3-9,15H,10H2,1-2H3. The molecule has 0 bridgehead atoms. The SMILES string of the molecule is COc1ccc2c(c1OC)C(c1ccccc1)OC2. The van der Waals surface area contributed by atoms with Crippen molar-refractivity contribution in [2.24, 2.45) is 0 Å². The van der Waals surface area contributed by atoms with Crippen LogP contribution in [0.1, 0.15) is 22.8 Å². The van der Waals surface area contributed by atoms with E-state index >= 15 is 0 Å².